The second-order valence-electron chi connectivity index (χ2n) is 2.00. The van der Waals surface area contributed by atoms with E-state index in [1.54, 1.807) is 0 Å². The summed E-state index contributed by atoms with van der Waals surface area (Å²) in [6.07, 6.45) is 0. The van der Waals surface area contributed by atoms with Crippen LogP contribution < -0.4 is 0 Å². The van der Waals surface area contributed by atoms with Gasteiger partial charge in [-0.05, 0) is 18.1 Å². The summed E-state index contributed by atoms with van der Waals surface area (Å²) < 4.78 is 0. The van der Waals surface area contributed by atoms with E-state index in [-0.39, 0.29) is 0 Å². The van der Waals surface area contributed by atoms with Crippen molar-refractivity contribution >= 4 is 15.5 Å². The molecule has 0 atom stereocenters. The quantitative estimate of drug-likeness (QED) is 0.505. The molecule has 0 nitrogen and oxygen atoms in total. The van der Waals surface area contributed by atoms with Crippen molar-refractivity contribution in [2.45, 2.75) is 6.92 Å². The van der Waals surface area contributed by atoms with Gasteiger partial charge < -0.3 is 0 Å². The SMILES string of the molecule is Cc1ccccc1C=[Si]. The molecule has 0 aliphatic heterocycles. The van der Waals surface area contributed by atoms with E-state index in [0.29, 0.717) is 0 Å². The molecule has 0 bridgehead atoms. The minimum absolute atomic E-state index is 1.24. The Labute approximate surface area is 58.6 Å². The Kier molecular flexibility index (Phi) is 1.95. The lowest BCUT2D eigenvalue weighted by atomic mass is 10.1. The highest BCUT2D eigenvalue weighted by atomic mass is 28.1. The molecule has 9 heavy (non-hydrogen) atoms. The first-order valence-electron chi connectivity index (χ1n) is 2.90. The molecular formula is C8H8Si. The first-order valence-corrected chi connectivity index (χ1v) is 3.48. The van der Waals surface area contributed by atoms with Crippen LogP contribution in [0, 0.1) is 6.92 Å². The van der Waals surface area contributed by atoms with E-state index in [9.17, 15) is 0 Å². The molecule has 0 saturated heterocycles. The molecule has 1 heteroatoms. The Morgan fingerprint density at radius 1 is 1.33 bits per heavy atom. The van der Waals surface area contributed by atoms with E-state index in [4.69, 9.17) is 0 Å². The van der Waals surface area contributed by atoms with Gasteiger partial charge in [0, 0.05) is 9.85 Å². The standard InChI is InChI=1S/C8H8Si/c1-7-4-2-3-5-8(7)6-9/h2-6H,1H3. The monoisotopic (exact) mass is 132 g/mol. The van der Waals surface area contributed by atoms with Crippen LogP contribution in [0.5, 0.6) is 0 Å². The molecule has 0 aliphatic carbocycles. The van der Waals surface area contributed by atoms with Gasteiger partial charge in [-0.3, -0.25) is 0 Å². The molecule has 0 unspecified atom stereocenters. The molecule has 0 saturated carbocycles. The van der Waals surface area contributed by atoms with E-state index >= 15 is 0 Å². The Bertz CT molecular complexity index is 216. The smallest absolute Gasteiger partial charge is 0.0303 e. The van der Waals surface area contributed by atoms with Crippen LogP contribution in [0.15, 0.2) is 24.3 Å². The van der Waals surface area contributed by atoms with Gasteiger partial charge in [-0.25, -0.2) is 0 Å². The summed E-state index contributed by atoms with van der Waals surface area (Å²) in [7, 11) is 3.33. The van der Waals surface area contributed by atoms with Gasteiger partial charge in [0.25, 0.3) is 0 Å². The van der Waals surface area contributed by atoms with E-state index in [0.717, 1.165) is 0 Å². The van der Waals surface area contributed by atoms with Crippen molar-refractivity contribution in [2.75, 3.05) is 0 Å². The highest BCUT2D eigenvalue weighted by Crippen LogP contribution is 2.01. The molecule has 1 aromatic carbocycles. The van der Waals surface area contributed by atoms with E-state index in [2.05, 4.69) is 28.9 Å². The summed E-state index contributed by atoms with van der Waals surface area (Å²) in [6, 6.07) is 8.22. The average Bonchev–Trinajstić information content (AvgIpc) is 1.89. The van der Waals surface area contributed by atoms with E-state index < -0.39 is 0 Å². The highest BCUT2D eigenvalue weighted by Gasteiger charge is 1.86. The highest BCUT2D eigenvalue weighted by molar-refractivity contribution is 6.32. The summed E-state index contributed by atoms with van der Waals surface area (Å²) in [6.45, 7) is 2.09. The fraction of sp³-hybridized carbons (Fsp3) is 0.125. The number of hydrogen-bond donors (Lipinski definition) is 0. The van der Waals surface area contributed by atoms with Crippen LogP contribution in [0.3, 0.4) is 0 Å². The Morgan fingerprint density at radius 2 is 2.00 bits per heavy atom. The number of aryl methyl sites for hydroxylation is 1. The Balaban J connectivity index is 3.15. The fourth-order valence-electron chi connectivity index (χ4n) is 0.749. The van der Waals surface area contributed by atoms with Crippen LogP contribution in [0.1, 0.15) is 11.1 Å². The number of benzene rings is 1. The summed E-state index contributed by atoms with van der Waals surface area (Å²) in [5, 5.41) is 0. The molecule has 0 heterocycles. The molecule has 0 spiro atoms. The van der Waals surface area contributed by atoms with Crippen molar-refractivity contribution in [3.05, 3.63) is 35.4 Å². The predicted molar refractivity (Wildman–Crippen MR) is 42.1 cm³/mol. The Hall–Kier alpha value is -0.693. The summed E-state index contributed by atoms with van der Waals surface area (Å²) >= 11 is 0. The van der Waals surface area contributed by atoms with Crippen LogP contribution in [-0.4, -0.2) is 15.5 Å². The van der Waals surface area contributed by atoms with Crippen LogP contribution in [0.25, 0.3) is 0 Å². The maximum atomic E-state index is 3.33. The topological polar surface area (TPSA) is 0 Å². The third kappa shape index (κ3) is 1.36. The summed E-state index contributed by atoms with van der Waals surface area (Å²) in [5.41, 5.74) is 4.47. The molecular weight excluding hydrogens is 124 g/mol. The van der Waals surface area contributed by atoms with Gasteiger partial charge in [0.05, 0.1) is 0 Å². The first-order chi connectivity index (χ1) is 4.34. The molecule has 0 aromatic heterocycles. The van der Waals surface area contributed by atoms with E-state index in [1.165, 1.54) is 11.1 Å². The van der Waals surface area contributed by atoms with Crippen molar-refractivity contribution in [2.24, 2.45) is 0 Å². The summed E-state index contributed by atoms with van der Waals surface area (Å²) in [4.78, 5) is 0. The van der Waals surface area contributed by atoms with Crippen molar-refractivity contribution in [3.8, 4) is 0 Å². The van der Waals surface area contributed by atoms with Crippen LogP contribution in [0.4, 0.5) is 0 Å². The predicted octanol–water partition coefficient (Wildman–Crippen LogP) is 1.31. The zero-order valence-corrected chi connectivity index (χ0v) is 6.39. The van der Waals surface area contributed by atoms with Crippen molar-refractivity contribution < 1.29 is 0 Å². The second kappa shape index (κ2) is 2.74. The molecule has 1 rings (SSSR count). The number of hydrogen-bond acceptors (Lipinski definition) is 0. The molecule has 1 aromatic rings. The molecule has 44 valence electrons. The lowest BCUT2D eigenvalue weighted by Gasteiger charge is -1.95. The van der Waals surface area contributed by atoms with Gasteiger partial charge in [-0.15, -0.1) is 0 Å². The number of rotatable bonds is 1. The van der Waals surface area contributed by atoms with Gasteiger partial charge in [0.2, 0.25) is 0 Å². The molecule has 0 amide bonds. The van der Waals surface area contributed by atoms with Crippen molar-refractivity contribution in [1.82, 2.24) is 0 Å². The first kappa shape index (κ1) is 6.43. The van der Waals surface area contributed by atoms with Gasteiger partial charge >= 0.3 is 0 Å². The lowest BCUT2D eigenvalue weighted by Crippen LogP contribution is -1.83. The van der Waals surface area contributed by atoms with Gasteiger partial charge in [-0.1, -0.05) is 29.9 Å². The molecule has 0 aliphatic rings. The molecule has 2 radical (unpaired) electrons. The third-order valence-corrected chi connectivity index (χ3v) is 1.65. The van der Waals surface area contributed by atoms with Gasteiger partial charge in [0.1, 0.15) is 0 Å². The van der Waals surface area contributed by atoms with Crippen LogP contribution in [-0.2, 0) is 0 Å². The fourth-order valence-corrected chi connectivity index (χ4v) is 1.07. The normalized spacial score (nSPS) is 9.00. The minimum atomic E-state index is 1.24. The van der Waals surface area contributed by atoms with Crippen molar-refractivity contribution in [1.29, 1.82) is 0 Å². The van der Waals surface area contributed by atoms with Crippen LogP contribution >= 0.6 is 0 Å². The molecule has 0 N–H and O–H groups in total. The minimum Gasteiger partial charge on any atom is -0.0734 e. The van der Waals surface area contributed by atoms with E-state index in [1.807, 2.05) is 17.8 Å². The van der Waals surface area contributed by atoms with Crippen LogP contribution in [0.2, 0.25) is 0 Å². The zero-order chi connectivity index (χ0) is 6.69. The van der Waals surface area contributed by atoms with Crippen molar-refractivity contribution in [3.63, 3.8) is 0 Å². The summed E-state index contributed by atoms with van der Waals surface area (Å²) in [5.74, 6) is 0. The average molecular weight is 132 g/mol. The third-order valence-electron chi connectivity index (χ3n) is 1.34. The maximum Gasteiger partial charge on any atom is 0.0303 e. The zero-order valence-electron chi connectivity index (χ0n) is 5.39. The molecule has 0 fully saturated rings. The Morgan fingerprint density at radius 3 is 2.44 bits per heavy atom. The van der Waals surface area contributed by atoms with Gasteiger partial charge in [0.15, 0.2) is 0 Å². The second-order valence-corrected chi connectivity index (χ2v) is 2.29. The maximum absolute atomic E-state index is 3.33. The largest absolute Gasteiger partial charge is 0.0734 e. The lowest BCUT2D eigenvalue weighted by molar-refractivity contribution is 1.46. The van der Waals surface area contributed by atoms with Gasteiger partial charge in [-0.2, -0.15) is 0 Å².